The lowest BCUT2D eigenvalue weighted by Crippen LogP contribution is -2.35. The highest BCUT2D eigenvalue weighted by Gasteiger charge is 2.39. The van der Waals surface area contributed by atoms with E-state index in [1.807, 2.05) is 18.2 Å². The van der Waals surface area contributed by atoms with E-state index in [0.717, 1.165) is 24.8 Å². The molecule has 0 aromatic heterocycles. The van der Waals surface area contributed by atoms with E-state index in [1.54, 1.807) is 6.07 Å². The van der Waals surface area contributed by atoms with Gasteiger partial charge >= 0.3 is 0 Å². The predicted molar refractivity (Wildman–Crippen MR) is 63.6 cm³/mol. The fourth-order valence-corrected chi connectivity index (χ4v) is 2.39. The summed E-state index contributed by atoms with van der Waals surface area (Å²) in [6.07, 6.45) is 4.05. The fourth-order valence-electron chi connectivity index (χ4n) is 2.39. The lowest BCUT2D eigenvalue weighted by Gasteiger charge is -2.20. The minimum absolute atomic E-state index is 0.0969. The van der Waals surface area contributed by atoms with Crippen LogP contribution in [0.4, 0.5) is 0 Å². The summed E-state index contributed by atoms with van der Waals surface area (Å²) in [7, 11) is 0. The van der Waals surface area contributed by atoms with Gasteiger partial charge in [0.25, 0.3) is 0 Å². The van der Waals surface area contributed by atoms with Crippen LogP contribution < -0.4 is 0 Å². The molecular weight excluding hydrogens is 200 g/mol. The van der Waals surface area contributed by atoms with Crippen molar-refractivity contribution in [2.75, 3.05) is 0 Å². The van der Waals surface area contributed by atoms with Crippen molar-refractivity contribution in [2.45, 2.75) is 44.6 Å². The third-order valence-corrected chi connectivity index (χ3v) is 3.45. The Morgan fingerprint density at radius 3 is 2.69 bits per heavy atom. The molecule has 2 rings (SSSR count). The normalized spacial score (nSPS) is 18.6. The molecular formula is C14H18O2. The Morgan fingerprint density at radius 2 is 2.06 bits per heavy atom. The van der Waals surface area contributed by atoms with Crippen molar-refractivity contribution in [1.82, 2.24) is 0 Å². The standard InChI is InChI=1S/C14H18O2/c1-2-11-6-5-7-12(10-11)13(15)14(16)8-3-4-9-14/h5-7,10,16H,2-4,8-9H2,1H3. The summed E-state index contributed by atoms with van der Waals surface area (Å²) >= 11 is 0. The third kappa shape index (κ3) is 2.03. The van der Waals surface area contributed by atoms with Gasteiger partial charge in [-0.1, -0.05) is 25.1 Å². The molecule has 1 aromatic carbocycles. The number of ketones is 1. The lowest BCUT2D eigenvalue weighted by atomic mass is 9.90. The van der Waals surface area contributed by atoms with Crippen LogP contribution in [0.2, 0.25) is 0 Å². The first kappa shape index (κ1) is 11.3. The van der Waals surface area contributed by atoms with Crippen molar-refractivity contribution < 1.29 is 9.90 Å². The van der Waals surface area contributed by atoms with Gasteiger partial charge in [0.2, 0.25) is 0 Å². The van der Waals surface area contributed by atoms with Gasteiger partial charge in [0, 0.05) is 5.56 Å². The van der Waals surface area contributed by atoms with Gasteiger partial charge in [-0.3, -0.25) is 4.79 Å². The zero-order chi connectivity index (χ0) is 11.6. The van der Waals surface area contributed by atoms with Crippen LogP contribution in [0.15, 0.2) is 24.3 Å². The Hall–Kier alpha value is -1.15. The molecule has 0 radical (unpaired) electrons. The first-order chi connectivity index (χ1) is 7.65. The molecule has 1 aliphatic carbocycles. The summed E-state index contributed by atoms with van der Waals surface area (Å²) in [6, 6.07) is 7.61. The van der Waals surface area contributed by atoms with E-state index in [9.17, 15) is 9.90 Å². The highest BCUT2D eigenvalue weighted by Crippen LogP contribution is 2.32. The number of carbonyl (C=O) groups is 1. The largest absolute Gasteiger partial charge is 0.382 e. The van der Waals surface area contributed by atoms with Crippen molar-refractivity contribution in [3.8, 4) is 0 Å². The molecule has 0 heterocycles. The van der Waals surface area contributed by atoms with E-state index in [2.05, 4.69) is 6.92 Å². The maximum absolute atomic E-state index is 12.2. The summed E-state index contributed by atoms with van der Waals surface area (Å²) in [6.45, 7) is 2.06. The van der Waals surface area contributed by atoms with E-state index >= 15 is 0 Å². The molecule has 1 aliphatic rings. The number of aliphatic hydroxyl groups is 1. The molecule has 1 fully saturated rings. The second-order valence-corrected chi connectivity index (χ2v) is 4.62. The van der Waals surface area contributed by atoms with Crippen LogP contribution in [0.3, 0.4) is 0 Å². The number of aryl methyl sites for hydroxylation is 1. The number of rotatable bonds is 3. The van der Waals surface area contributed by atoms with Crippen molar-refractivity contribution in [3.05, 3.63) is 35.4 Å². The molecule has 2 nitrogen and oxygen atoms in total. The first-order valence-electron chi connectivity index (χ1n) is 6.02. The first-order valence-corrected chi connectivity index (χ1v) is 6.02. The number of hydrogen-bond donors (Lipinski definition) is 1. The second kappa shape index (κ2) is 4.38. The average Bonchev–Trinajstić information content (AvgIpc) is 2.76. The smallest absolute Gasteiger partial charge is 0.194 e. The molecule has 0 atom stereocenters. The summed E-state index contributed by atoms with van der Waals surface area (Å²) < 4.78 is 0. The van der Waals surface area contributed by atoms with Crippen molar-refractivity contribution >= 4 is 5.78 Å². The number of Topliss-reactive ketones (excluding diaryl/α,β-unsaturated/α-hetero) is 1. The summed E-state index contributed by atoms with van der Waals surface area (Å²) in [4.78, 5) is 12.2. The number of carbonyl (C=O) groups excluding carboxylic acids is 1. The third-order valence-electron chi connectivity index (χ3n) is 3.45. The molecule has 0 bridgehead atoms. The zero-order valence-electron chi connectivity index (χ0n) is 9.70. The molecule has 0 saturated heterocycles. The van der Waals surface area contributed by atoms with Crippen molar-refractivity contribution in [1.29, 1.82) is 0 Å². The second-order valence-electron chi connectivity index (χ2n) is 4.62. The minimum Gasteiger partial charge on any atom is -0.382 e. The van der Waals surface area contributed by atoms with Gasteiger partial charge in [-0.15, -0.1) is 0 Å². The lowest BCUT2D eigenvalue weighted by molar-refractivity contribution is 0.0353. The monoisotopic (exact) mass is 218 g/mol. The van der Waals surface area contributed by atoms with Gasteiger partial charge in [-0.25, -0.2) is 0 Å². The molecule has 1 aromatic rings. The van der Waals surface area contributed by atoms with Crippen LogP contribution in [-0.2, 0) is 6.42 Å². The number of hydrogen-bond acceptors (Lipinski definition) is 2. The molecule has 1 saturated carbocycles. The molecule has 0 unspecified atom stereocenters. The van der Waals surface area contributed by atoms with Crippen LogP contribution in [0.1, 0.15) is 48.5 Å². The van der Waals surface area contributed by atoms with Gasteiger partial charge in [0.1, 0.15) is 5.60 Å². The topological polar surface area (TPSA) is 37.3 Å². The SMILES string of the molecule is CCc1cccc(C(=O)C2(O)CCCC2)c1. The average molecular weight is 218 g/mol. The molecule has 1 N–H and O–H groups in total. The van der Waals surface area contributed by atoms with Gasteiger partial charge in [0.15, 0.2) is 5.78 Å². The Bertz CT molecular complexity index is 389. The molecule has 0 amide bonds. The van der Waals surface area contributed by atoms with Crippen molar-refractivity contribution in [3.63, 3.8) is 0 Å². The van der Waals surface area contributed by atoms with Crippen LogP contribution in [0.25, 0.3) is 0 Å². The Balaban J connectivity index is 2.26. The minimum atomic E-state index is -1.09. The Labute approximate surface area is 96.3 Å². The van der Waals surface area contributed by atoms with Crippen molar-refractivity contribution in [2.24, 2.45) is 0 Å². The summed E-state index contributed by atoms with van der Waals surface area (Å²) in [5.74, 6) is -0.0969. The van der Waals surface area contributed by atoms with Gasteiger partial charge in [-0.05, 0) is 43.7 Å². The maximum atomic E-state index is 12.2. The van der Waals surface area contributed by atoms with Crippen LogP contribution in [0.5, 0.6) is 0 Å². The zero-order valence-corrected chi connectivity index (χ0v) is 9.70. The van der Waals surface area contributed by atoms with Crippen LogP contribution in [0, 0.1) is 0 Å². The summed E-state index contributed by atoms with van der Waals surface area (Å²) in [5.41, 5.74) is 0.711. The number of benzene rings is 1. The Kier molecular flexibility index (Phi) is 3.10. The van der Waals surface area contributed by atoms with Crippen LogP contribution in [-0.4, -0.2) is 16.5 Å². The van der Waals surface area contributed by atoms with Gasteiger partial charge in [-0.2, -0.15) is 0 Å². The van der Waals surface area contributed by atoms with E-state index in [1.165, 1.54) is 0 Å². The molecule has 2 heteroatoms. The Morgan fingerprint density at radius 1 is 1.38 bits per heavy atom. The van der Waals surface area contributed by atoms with Gasteiger partial charge < -0.3 is 5.11 Å². The molecule has 86 valence electrons. The highest BCUT2D eigenvalue weighted by atomic mass is 16.3. The fraction of sp³-hybridized carbons (Fsp3) is 0.500. The molecule has 16 heavy (non-hydrogen) atoms. The molecule has 0 spiro atoms. The predicted octanol–water partition coefficient (Wildman–Crippen LogP) is 2.74. The maximum Gasteiger partial charge on any atom is 0.194 e. The summed E-state index contributed by atoms with van der Waals surface area (Å²) in [5, 5.41) is 10.2. The van der Waals surface area contributed by atoms with E-state index in [4.69, 9.17) is 0 Å². The van der Waals surface area contributed by atoms with E-state index in [0.29, 0.717) is 18.4 Å². The van der Waals surface area contributed by atoms with E-state index in [-0.39, 0.29) is 5.78 Å². The highest BCUT2D eigenvalue weighted by molar-refractivity contribution is 6.02. The van der Waals surface area contributed by atoms with Gasteiger partial charge in [0.05, 0.1) is 0 Å². The molecule has 0 aliphatic heterocycles. The van der Waals surface area contributed by atoms with Crippen LogP contribution >= 0.6 is 0 Å². The quantitative estimate of drug-likeness (QED) is 0.792. The van der Waals surface area contributed by atoms with E-state index < -0.39 is 5.60 Å².